The minimum atomic E-state index is -0.321. The number of carbonyl (C=O) groups is 1. The smallest absolute Gasteiger partial charge is 0.241 e. The lowest BCUT2D eigenvalue weighted by Crippen LogP contribution is -2.52. The van der Waals surface area contributed by atoms with Gasteiger partial charge in [-0.2, -0.15) is 0 Å². The molecule has 2 aliphatic heterocycles. The molecule has 0 aliphatic carbocycles. The van der Waals surface area contributed by atoms with Crippen molar-refractivity contribution in [3.05, 3.63) is 66.0 Å². The highest BCUT2D eigenvalue weighted by Gasteiger charge is 2.39. The number of halogens is 1. The Morgan fingerprint density at radius 1 is 1.15 bits per heavy atom. The van der Waals surface area contributed by atoms with Gasteiger partial charge in [0.05, 0.1) is 12.1 Å². The van der Waals surface area contributed by atoms with E-state index in [1.54, 1.807) is 12.1 Å². The molecule has 3 atom stereocenters. The number of ether oxygens (including phenoxy) is 1. The predicted molar refractivity (Wildman–Crippen MR) is 95.9 cm³/mol. The molecule has 6 heteroatoms. The van der Waals surface area contributed by atoms with Gasteiger partial charge in [0, 0.05) is 12.6 Å². The largest absolute Gasteiger partial charge is 0.492 e. The minimum Gasteiger partial charge on any atom is -0.492 e. The third kappa shape index (κ3) is 3.57. The SMILES string of the molecule is O=C(C1CC(COc2cccc(F)c2)NN1)N1CCC1c1ccccc1. The first-order chi connectivity index (χ1) is 12.7. The lowest BCUT2D eigenvalue weighted by atomic mass is 9.93. The van der Waals surface area contributed by atoms with Crippen molar-refractivity contribution in [3.8, 4) is 5.75 Å². The molecule has 136 valence electrons. The van der Waals surface area contributed by atoms with Crippen molar-refractivity contribution in [2.75, 3.05) is 13.2 Å². The Morgan fingerprint density at radius 2 is 2.00 bits per heavy atom. The van der Waals surface area contributed by atoms with E-state index in [4.69, 9.17) is 4.74 Å². The monoisotopic (exact) mass is 355 g/mol. The van der Waals surface area contributed by atoms with E-state index < -0.39 is 0 Å². The molecular formula is C20H22FN3O2. The zero-order chi connectivity index (χ0) is 17.9. The summed E-state index contributed by atoms with van der Waals surface area (Å²) >= 11 is 0. The van der Waals surface area contributed by atoms with E-state index in [9.17, 15) is 9.18 Å². The number of hydrazine groups is 1. The van der Waals surface area contributed by atoms with E-state index in [1.807, 2.05) is 23.1 Å². The molecule has 2 aromatic rings. The maximum atomic E-state index is 13.2. The fourth-order valence-corrected chi connectivity index (χ4v) is 3.52. The van der Waals surface area contributed by atoms with Gasteiger partial charge >= 0.3 is 0 Å². The molecule has 4 rings (SSSR count). The molecule has 2 heterocycles. The second kappa shape index (κ2) is 7.43. The molecule has 0 aromatic heterocycles. The normalized spacial score (nSPS) is 25.0. The summed E-state index contributed by atoms with van der Waals surface area (Å²) in [6.45, 7) is 1.17. The first kappa shape index (κ1) is 17.0. The molecule has 26 heavy (non-hydrogen) atoms. The molecule has 1 amide bonds. The van der Waals surface area contributed by atoms with Gasteiger partial charge in [0.1, 0.15) is 24.2 Å². The predicted octanol–water partition coefficient (Wildman–Crippen LogP) is 2.41. The third-order valence-electron chi connectivity index (χ3n) is 5.01. The van der Waals surface area contributed by atoms with Crippen molar-refractivity contribution in [1.29, 1.82) is 0 Å². The molecular weight excluding hydrogens is 333 g/mol. The van der Waals surface area contributed by atoms with Gasteiger partial charge in [-0.15, -0.1) is 0 Å². The zero-order valence-corrected chi connectivity index (χ0v) is 14.4. The van der Waals surface area contributed by atoms with Gasteiger partial charge in [0.15, 0.2) is 0 Å². The number of nitrogens with one attached hydrogen (secondary N) is 2. The topological polar surface area (TPSA) is 53.6 Å². The summed E-state index contributed by atoms with van der Waals surface area (Å²) in [4.78, 5) is 14.7. The lowest BCUT2D eigenvalue weighted by Gasteiger charge is -2.42. The van der Waals surface area contributed by atoms with Crippen molar-refractivity contribution in [2.24, 2.45) is 0 Å². The van der Waals surface area contributed by atoms with Gasteiger partial charge in [-0.3, -0.25) is 10.2 Å². The molecule has 0 radical (unpaired) electrons. The Kier molecular flexibility index (Phi) is 4.86. The number of nitrogens with zero attached hydrogens (tertiary/aromatic N) is 1. The molecule has 2 aromatic carbocycles. The second-order valence-corrected chi connectivity index (χ2v) is 6.79. The van der Waals surface area contributed by atoms with Gasteiger partial charge in [-0.1, -0.05) is 36.4 Å². The fraction of sp³-hybridized carbons (Fsp3) is 0.350. The van der Waals surface area contributed by atoms with E-state index >= 15 is 0 Å². The first-order valence-electron chi connectivity index (χ1n) is 8.95. The average molecular weight is 355 g/mol. The van der Waals surface area contributed by atoms with Gasteiger partial charge in [0.2, 0.25) is 5.91 Å². The number of likely N-dealkylation sites (tertiary alicyclic amines) is 1. The van der Waals surface area contributed by atoms with Crippen LogP contribution in [-0.4, -0.2) is 36.0 Å². The summed E-state index contributed by atoms with van der Waals surface area (Å²) in [7, 11) is 0. The molecule has 2 fully saturated rings. The molecule has 2 saturated heterocycles. The molecule has 0 bridgehead atoms. The molecule has 2 aliphatic rings. The molecule has 5 nitrogen and oxygen atoms in total. The van der Waals surface area contributed by atoms with E-state index in [0.717, 1.165) is 13.0 Å². The van der Waals surface area contributed by atoms with Crippen LogP contribution in [0.5, 0.6) is 5.75 Å². The van der Waals surface area contributed by atoms with Crippen LogP contribution in [0.4, 0.5) is 4.39 Å². The number of hydrogen-bond acceptors (Lipinski definition) is 4. The van der Waals surface area contributed by atoms with Crippen LogP contribution in [0, 0.1) is 5.82 Å². The second-order valence-electron chi connectivity index (χ2n) is 6.79. The Labute approximate surface area is 152 Å². The van der Waals surface area contributed by atoms with Crippen LogP contribution in [0.1, 0.15) is 24.4 Å². The summed E-state index contributed by atoms with van der Waals surface area (Å²) in [6, 6.07) is 16.1. The van der Waals surface area contributed by atoms with Crippen LogP contribution >= 0.6 is 0 Å². The summed E-state index contributed by atoms with van der Waals surface area (Å²) in [5.74, 6) is 0.289. The van der Waals surface area contributed by atoms with Crippen molar-refractivity contribution in [2.45, 2.75) is 31.0 Å². The molecule has 0 spiro atoms. The van der Waals surface area contributed by atoms with Crippen LogP contribution < -0.4 is 15.6 Å². The van der Waals surface area contributed by atoms with Crippen molar-refractivity contribution >= 4 is 5.91 Å². The van der Waals surface area contributed by atoms with Gasteiger partial charge < -0.3 is 9.64 Å². The summed E-state index contributed by atoms with van der Waals surface area (Å²) in [5, 5.41) is 0. The van der Waals surface area contributed by atoms with Crippen LogP contribution in [0.15, 0.2) is 54.6 Å². The van der Waals surface area contributed by atoms with E-state index in [1.165, 1.54) is 17.7 Å². The highest BCUT2D eigenvalue weighted by Crippen LogP contribution is 2.34. The van der Waals surface area contributed by atoms with Crippen LogP contribution in [0.3, 0.4) is 0 Å². The summed E-state index contributed by atoms with van der Waals surface area (Å²) < 4.78 is 18.8. The van der Waals surface area contributed by atoms with Crippen LogP contribution in [-0.2, 0) is 4.79 Å². The van der Waals surface area contributed by atoms with Crippen molar-refractivity contribution < 1.29 is 13.9 Å². The van der Waals surface area contributed by atoms with Crippen molar-refractivity contribution in [3.63, 3.8) is 0 Å². The number of amides is 1. The van der Waals surface area contributed by atoms with E-state index in [0.29, 0.717) is 18.8 Å². The van der Waals surface area contributed by atoms with Crippen LogP contribution in [0.2, 0.25) is 0 Å². The number of hydrogen-bond donors (Lipinski definition) is 2. The highest BCUT2D eigenvalue weighted by atomic mass is 19.1. The number of carbonyl (C=O) groups excluding carboxylic acids is 1. The molecule has 0 saturated carbocycles. The quantitative estimate of drug-likeness (QED) is 0.865. The minimum absolute atomic E-state index is 0.00340. The molecule has 3 unspecified atom stereocenters. The van der Waals surface area contributed by atoms with Crippen molar-refractivity contribution in [1.82, 2.24) is 15.8 Å². The highest BCUT2D eigenvalue weighted by molar-refractivity contribution is 5.83. The zero-order valence-electron chi connectivity index (χ0n) is 14.4. The Hall–Kier alpha value is -2.44. The Morgan fingerprint density at radius 3 is 2.73 bits per heavy atom. The standard InChI is InChI=1S/C20H22FN3O2/c21-15-7-4-8-17(11-15)26-13-16-12-18(23-22-16)20(25)24-10-9-19(24)14-5-2-1-3-6-14/h1-8,11,16,18-19,22-23H,9-10,12-13H2. The fourth-order valence-electron chi connectivity index (χ4n) is 3.52. The Balaban J connectivity index is 1.30. The number of benzene rings is 2. The average Bonchev–Trinajstić information content (AvgIpc) is 3.09. The van der Waals surface area contributed by atoms with E-state index in [2.05, 4.69) is 23.0 Å². The van der Waals surface area contributed by atoms with Gasteiger partial charge in [-0.25, -0.2) is 9.82 Å². The first-order valence-corrected chi connectivity index (χ1v) is 8.95. The van der Waals surface area contributed by atoms with Gasteiger partial charge in [-0.05, 0) is 30.5 Å². The van der Waals surface area contributed by atoms with Gasteiger partial charge in [0.25, 0.3) is 0 Å². The summed E-state index contributed by atoms with van der Waals surface area (Å²) in [6.07, 6.45) is 1.65. The van der Waals surface area contributed by atoms with Crippen LogP contribution in [0.25, 0.3) is 0 Å². The lowest BCUT2D eigenvalue weighted by molar-refractivity contribution is -0.141. The number of rotatable bonds is 5. The Bertz CT molecular complexity index is 771. The van der Waals surface area contributed by atoms with E-state index in [-0.39, 0.29) is 29.8 Å². The third-order valence-corrected chi connectivity index (χ3v) is 5.01. The molecule has 2 N–H and O–H groups in total. The maximum Gasteiger partial charge on any atom is 0.241 e. The summed E-state index contributed by atoms with van der Waals surface area (Å²) in [5.41, 5.74) is 7.38. The maximum absolute atomic E-state index is 13.2.